The van der Waals surface area contributed by atoms with Gasteiger partial charge in [-0.2, -0.15) is 0 Å². The molecule has 2 heteroatoms. The quantitative estimate of drug-likeness (QED) is 0.791. The third-order valence-electron chi connectivity index (χ3n) is 3.51. The van der Waals surface area contributed by atoms with Crippen molar-refractivity contribution in [3.8, 4) is 0 Å². The predicted octanol–water partition coefficient (Wildman–Crippen LogP) is 3.96. The molecule has 0 radical (unpaired) electrons. The first-order valence-electron chi connectivity index (χ1n) is 6.32. The van der Waals surface area contributed by atoms with Crippen molar-refractivity contribution >= 4 is 16.7 Å². The predicted molar refractivity (Wildman–Crippen MR) is 71.5 cm³/mol. The average Bonchev–Trinajstić information content (AvgIpc) is 2.80. The maximum atomic E-state index is 12.2. The molecule has 0 spiro atoms. The molecule has 0 bridgehead atoms. The molecule has 2 aromatic rings. The zero-order chi connectivity index (χ0) is 12.4. The first-order valence-corrected chi connectivity index (χ1v) is 6.32. The fraction of sp³-hybridized carbons (Fsp3) is 0.400. The number of rotatable bonds is 4. The lowest BCUT2D eigenvalue weighted by Crippen LogP contribution is -2.09. The van der Waals surface area contributed by atoms with E-state index in [0.29, 0.717) is 0 Å². The molecule has 2 rings (SSSR count). The van der Waals surface area contributed by atoms with Crippen LogP contribution in [-0.4, -0.2) is 10.8 Å². The van der Waals surface area contributed by atoms with Crippen molar-refractivity contribution in [2.24, 2.45) is 5.92 Å². The van der Waals surface area contributed by atoms with E-state index in [9.17, 15) is 4.79 Å². The molecule has 0 saturated heterocycles. The molecule has 0 fully saturated rings. The Bertz CT molecular complexity index is 539. The summed E-state index contributed by atoms with van der Waals surface area (Å²) >= 11 is 0. The summed E-state index contributed by atoms with van der Waals surface area (Å²) in [6.45, 7) is 6.17. The first-order chi connectivity index (χ1) is 8.19. The zero-order valence-electron chi connectivity index (χ0n) is 10.7. The van der Waals surface area contributed by atoms with Crippen molar-refractivity contribution in [2.75, 3.05) is 0 Å². The fourth-order valence-corrected chi connectivity index (χ4v) is 2.17. The number of benzene rings is 1. The minimum absolute atomic E-state index is 0.0966. The van der Waals surface area contributed by atoms with Crippen molar-refractivity contribution in [3.63, 3.8) is 0 Å². The molecule has 0 aliphatic heterocycles. The highest BCUT2D eigenvalue weighted by molar-refractivity contribution is 6.09. The van der Waals surface area contributed by atoms with Gasteiger partial charge in [0, 0.05) is 28.6 Å². The van der Waals surface area contributed by atoms with Crippen LogP contribution in [0.4, 0.5) is 0 Å². The van der Waals surface area contributed by atoms with Crippen LogP contribution in [0.2, 0.25) is 0 Å². The van der Waals surface area contributed by atoms with E-state index in [0.717, 1.165) is 29.3 Å². The van der Waals surface area contributed by atoms with E-state index in [2.05, 4.69) is 24.9 Å². The lowest BCUT2D eigenvalue weighted by molar-refractivity contribution is 0.0929. The Morgan fingerprint density at radius 2 is 2.12 bits per heavy atom. The van der Waals surface area contributed by atoms with E-state index in [1.807, 2.05) is 25.3 Å². The number of para-hydroxylation sites is 1. The summed E-state index contributed by atoms with van der Waals surface area (Å²) in [6.07, 6.45) is 3.73. The Kier molecular flexibility index (Phi) is 3.32. The highest BCUT2D eigenvalue weighted by Gasteiger charge is 2.17. The van der Waals surface area contributed by atoms with Gasteiger partial charge < -0.3 is 4.98 Å². The van der Waals surface area contributed by atoms with Crippen LogP contribution in [0.5, 0.6) is 0 Å². The number of aromatic nitrogens is 1. The van der Waals surface area contributed by atoms with Crippen LogP contribution in [0.1, 0.15) is 43.1 Å². The molecule has 0 amide bonds. The number of H-pyrrole nitrogens is 1. The fourth-order valence-electron chi connectivity index (χ4n) is 2.17. The van der Waals surface area contributed by atoms with E-state index < -0.39 is 0 Å². The van der Waals surface area contributed by atoms with E-state index in [1.54, 1.807) is 0 Å². The molecule has 90 valence electrons. The number of carbonyl (C=O) groups excluding carboxylic acids is 1. The minimum atomic E-state index is 0.0966. The van der Waals surface area contributed by atoms with E-state index >= 15 is 0 Å². The normalized spacial score (nSPS) is 12.9. The molecule has 0 aliphatic carbocycles. The number of aromatic amines is 1. The van der Waals surface area contributed by atoms with Crippen molar-refractivity contribution in [2.45, 2.75) is 33.6 Å². The van der Waals surface area contributed by atoms with Gasteiger partial charge >= 0.3 is 0 Å². The Morgan fingerprint density at radius 3 is 2.76 bits per heavy atom. The number of nitrogens with one attached hydrogen (secondary N) is 1. The standard InChI is InChI=1S/C15H19NO/c1-4-10(3)15(17)13-9-16-14-11(5-2)7-6-8-12(13)14/h6-10,16H,4-5H2,1-3H3/t10-/m0/s1. The Morgan fingerprint density at radius 1 is 1.35 bits per heavy atom. The molecular formula is C15H19NO. The van der Waals surface area contributed by atoms with Gasteiger partial charge in [0.25, 0.3) is 0 Å². The van der Waals surface area contributed by atoms with Crippen molar-refractivity contribution in [3.05, 3.63) is 35.5 Å². The summed E-state index contributed by atoms with van der Waals surface area (Å²) in [4.78, 5) is 15.5. The molecule has 17 heavy (non-hydrogen) atoms. The number of fused-ring (bicyclic) bond motifs is 1. The van der Waals surface area contributed by atoms with Gasteiger partial charge in [0.2, 0.25) is 0 Å². The van der Waals surface area contributed by atoms with Crippen LogP contribution in [0, 0.1) is 5.92 Å². The summed E-state index contributed by atoms with van der Waals surface area (Å²) in [5.41, 5.74) is 3.22. The maximum absolute atomic E-state index is 12.2. The summed E-state index contributed by atoms with van der Waals surface area (Å²) in [5.74, 6) is 0.339. The van der Waals surface area contributed by atoms with Crippen LogP contribution >= 0.6 is 0 Å². The third kappa shape index (κ3) is 1.99. The molecular weight excluding hydrogens is 210 g/mol. The van der Waals surface area contributed by atoms with Crippen LogP contribution in [0.25, 0.3) is 10.9 Å². The summed E-state index contributed by atoms with van der Waals surface area (Å²) in [6, 6.07) is 6.17. The highest BCUT2D eigenvalue weighted by Crippen LogP contribution is 2.24. The number of Topliss-reactive ketones (excluding diaryl/α,β-unsaturated/α-hetero) is 1. The Labute approximate surface area is 102 Å². The number of hydrogen-bond donors (Lipinski definition) is 1. The topological polar surface area (TPSA) is 32.9 Å². The third-order valence-corrected chi connectivity index (χ3v) is 3.51. The van der Waals surface area contributed by atoms with E-state index in [-0.39, 0.29) is 11.7 Å². The monoisotopic (exact) mass is 229 g/mol. The molecule has 2 nitrogen and oxygen atoms in total. The van der Waals surface area contributed by atoms with Crippen molar-refractivity contribution in [1.29, 1.82) is 0 Å². The van der Waals surface area contributed by atoms with Crippen LogP contribution < -0.4 is 0 Å². The van der Waals surface area contributed by atoms with Crippen LogP contribution in [-0.2, 0) is 6.42 Å². The second-order valence-electron chi connectivity index (χ2n) is 4.57. The average molecular weight is 229 g/mol. The lowest BCUT2D eigenvalue weighted by Gasteiger charge is -2.06. The van der Waals surface area contributed by atoms with Gasteiger partial charge in [-0.15, -0.1) is 0 Å². The second-order valence-corrected chi connectivity index (χ2v) is 4.57. The summed E-state index contributed by atoms with van der Waals surface area (Å²) in [7, 11) is 0. The summed E-state index contributed by atoms with van der Waals surface area (Å²) in [5, 5.41) is 1.06. The van der Waals surface area contributed by atoms with Gasteiger partial charge in [0.1, 0.15) is 0 Å². The second kappa shape index (κ2) is 4.74. The molecule has 1 heterocycles. The van der Waals surface area contributed by atoms with Gasteiger partial charge in [0.05, 0.1) is 0 Å². The van der Waals surface area contributed by atoms with Crippen molar-refractivity contribution in [1.82, 2.24) is 4.98 Å². The highest BCUT2D eigenvalue weighted by atomic mass is 16.1. The number of carbonyl (C=O) groups is 1. The first kappa shape index (κ1) is 11.9. The van der Waals surface area contributed by atoms with Gasteiger partial charge in [-0.25, -0.2) is 0 Å². The minimum Gasteiger partial charge on any atom is -0.360 e. The SMILES string of the molecule is CCc1cccc2c(C(=O)[C@@H](C)CC)c[nH]c12. The van der Waals surface area contributed by atoms with E-state index in [4.69, 9.17) is 0 Å². The van der Waals surface area contributed by atoms with Gasteiger partial charge in [-0.1, -0.05) is 39.0 Å². The largest absolute Gasteiger partial charge is 0.360 e. The van der Waals surface area contributed by atoms with E-state index in [1.165, 1.54) is 5.56 Å². The summed E-state index contributed by atoms with van der Waals surface area (Å²) < 4.78 is 0. The number of ketones is 1. The van der Waals surface area contributed by atoms with Crippen molar-refractivity contribution < 1.29 is 4.79 Å². The molecule has 0 aliphatic rings. The lowest BCUT2D eigenvalue weighted by atomic mass is 9.96. The molecule has 1 aromatic heterocycles. The molecule has 0 saturated carbocycles. The number of aryl methyl sites for hydroxylation is 1. The molecule has 0 unspecified atom stereocenters. The van der Waals surface area contributed by atoms with Gasteiger partial charge in [0.15, 0.2) is 5.78 Å². The maximum Gasteiger partial charge on any atom is 0.167 e. The smallest absolute Gasteiger partial charge is 0.167 e. The zero-order valence-corrected chi connectivity index (χ0v) is 10.7. The van der Waals surface area contributed by atoms with Crippen LogP contribution in [0.3, 0.4) is 0 Å². The van der Waals surface area contributed by atoms with Gasteiger partial charge in [-0.05, 0) is 18.4 Å². The number of hydrogen-bond acceptors (Lipinski definition) is 1. The van der Waals surface area contributed by atoms with Crippen LogP contribution in [0.15, 0.2) is 24.4 Å². The Balaban J connectivity index is 2.54. The Hall–Kier alpha value is -1.57. The molecule has 1 aromatic carbocycles. The van der Waals surface area contributed by atoms with Gasteiger partial charge in [-0.3, -0.25) is 4.79 Å². The molecule has 1 atom stereocenters. The molecule has 1 N–H and O–H groups in total.